The van der Waals surface area contributed by atoms with Gasteiger partial charge in [0.15, 0.2) is 5.13 Å². The molecule has 0 N–H and O–H groups in total. The van der Waals surface area contributed by atoms with Gasteiger partial charge >= 0.3 is 0 Å². The predicted molar refractivity (Wildman–Crippen MR) is 122 cm³/mol. The maximum absolute atomic E-state index is 13.3. The van der Waals surface area contributed by atoms with Crippen molar-refractivity contribution in [1.29, 1.82) is 0 Å². The molecule has 0 aliphatic heterocycles. The summed E-state index contributed by atoms with van der Waals surface area (Å²) in [4.78, 5) is 19.5. The van der Waals surface area contributed by atoms with Crippen molar-refractivity contribution in [3.05, 3.63) is 84.4 Å². The monoisotopic (exact) mass is 416 g/mol. The summed E-state index contributed by atoms with van der Waals surface area (Å²) in [5.74, 6) is 1.25. The van der Waals surface area contributed by atoms with Crippen LogP contribution >= 0.6 is 11.3 Å². The molecule has 0 radical (unpaired) electrons. The molecule has 0 saturated heterocycles. The fourth-order valence-electron chi connectivity index (χ4n) is 2.99. The number of thiazole rings is 1. The van der Waals surface area contributed by atoms with E-state index in [-0.39, 0.29) is 5.91 Å². The van der Waals surface area contributed by atoms with E-state index in [2.05, 4.69) is 4.98 Å². The van der Waals surface area contributed by atoms with E-state index >= 15 is 0 Å². The van der Waals surface area contributed by atoms with Crippen molar-refractivity contribution in [2.24, 2.45) is 0 Å². The van der Waals surface area contributed by atoms with Crippen molar-refractivity contribution >= 4 is 44.4 Å². The fraction of sp³-hybridized carbons (Fsp3) is 0.0833. The van der Waals surface area contributed by atoms with Crippen LogP contribution in [-0.4, -0.2) is 25.1 Å². The molecule has 0 unspecified atom stereocenters. The van der Waals surface area contributed by atoms with Gasteiger partial charge in [-0.3, -0.25) is 9.69 Å². The lowest BCUT2D eigenvalue weighted by molar-refractivity contribution is -0.113. The number of carbonyl (C=O) groups excluding carboxylic acids is 1. The fourth-order valence-corrected chi connectivity index (χ4v) is 3.99. The lowest BCUT2D eigenvalue weighted by Crippen LogP contribution is -2.23. The summed E-state index contributed by atoms with van der Waals surface area (Å²) in [5.41, 5.74) is 2.45. The summed E-state index contributed by atoms with van der Waals surface area (Å²) in [5, 5.41) is 0.605. The minimum atomic E-state index is -0.196. The molecule has 3 aromatic carbocycles. The third-order valence-corrected chi connectivity index (χ3v) is 5.56. The average Bonchev–Trinajstić information content (AvgIpc) is 3.22. The first-order valence-electron chi connectivity index (χ1n) is 9.34. The standard InChI is InChI=1S/C24H20N2O3S/c1-28-19-13-10-17(11-14-19)12-15-23(27)26(18-6-5-7-20(16-18)29-2)24-25-21-8-3-4-9-22(21)30-24/h3-16H,1-2H3. The Morgan fingerprint density at radius 3 is 2.43 bits per heavy atom. The molecule has 0 bridgehead atoms. The molecular weight excluding hydrogens is 396 g/mol. The van der Waals surface area contributed by atoms with E-state index in [9.17, 15) is 4.79 Å². The van der Waals surface area contributed by atoms with Crippen LogP contribution in [0.25, 0.3) is 16.3 Å². The van der Waals surface area contributed by atoms with Crippen LogP contribution in [0.4, 0.5) is 10.8 Å². The molecule has 30 heavy (non-hydrogen) atoms. The molecule has 150 valence electrons. The smallest absolute Gasteiger partial charge is 0.257 e. The number of para-hydroxylation sites is 1. The van der Waals surface area contributed by atoms with Crippen molar-refractivity contribution in [1.82, 2.24) is 4.98 Å². The van der Waals surface area contributed by atoms with E-state index in [0.29, 0.717) is 16.6 Å². The number of carbonyl (C=O) groups is 1. The highest BCUT2D eigenvalue weighted by Gasteiger charge is 2.20. The third-order valence-electron chi connectivity index (χ3n) is 4.54. The van der Waals surface area contributed by atoms with Crippen LogP contribution in [0.1, 0.15) is 5.56 Å². The highest BCUT2D eigenvalue weighted by atomic mass is 32.1. The SMILES string of the molecule is COc1ccc(C=CC(=O)N(c2cccc(OC)c2)c2nc3ccccc3s2)cc1. The molecule has 4 rings (SSSR count). The van der Waals surface area contributed by atoms with Crippen LogP contribution in [-0.2, 0) is 4.79 Å². The molecule has 0 atom stereocenters. The Bertz CT molecular complexity index is 1170. The topological polar surface area (TPSA) is 51.7 Å². The van der Waals surface area contributed by atoms with Gasteiger partial charge in [-0.25, -0.2) is 4.98 Å². The van der Waals surface area contributed by atoms with E-state index in [1.165, 1.54) is 11.3 Å². The summed E-state index contributed by atoms with van der Waals surface area (Å²) in [6.45, 7) is 0. The van der Waals surface area contributed by atoms with Gasteiger partial charge < -0.3 is 9.47 Å². The molecular formula is C24H20N2O3S. The van der Waals surface area contributed by atoms with Gasteiger partial charge in [-0.05, 0) is 48.0 Å². The van der Waals surface area contributed by atoms with Crippen LogP contribution in [0, 0.1) is 0 Å². The first kappa shape index (κ1) is 19.7. The summed E-state index contributed by atoms with van der Waals surface area (Å²) >= 11 is 1.47. The minimum absolute atomic E-state index is 0.196. The van der Waals surface area contributed by atoms with Gasteiger partial charge in [0.05, 0.1) is 30.1 Å². The number of hydrogen-bond donors (Lipinski definition) is 0. The molecule has 0 aliphatic rings. The summed E-state index contributed by atoms with van der Waals surface area (Å²) in [6.07, 6.45) is 3.33. The Kier molecular flexibility index (Phi) is 5.77. The van der Waals surface area contributed by atoms with Gasteiger partial charge in [-0.2, -0.15) is 0 Å². The van der Waals surface area contributed by atoms with Crippen LogP contribution in [0.15, 0.2) is 78.9 Å². The van der Waals surface area contributed by atoms with Crippen molar-refractivity contribution in [2.45, 2.75) is 0 Å². The second-order valence-corrected chi connectivity index (χ2v) is 7.45. The maximum Gasteiger partial charge on any atom is 0.257 e. The molecule has 0 fully saturated rings. The molecule has 1 heterocycles. The van der Waals surface area contributed by atoms with E-state index in [1.54, 1.807) is 31.3 Å². The van der Waals surface area contributed by atoms with Gasteiger partial charge in [0.2, 0.25) is 0 Å². The number of methoxy groups -OCH3 is 2. The average molecular weight is 417 g/mol. The molecule has 6 heteroatoms. The Hall–Kier alpha value is -3.64. The van der Waals surface area contributed by atoms with Crippen molar-refractivity contribution in [2.75, 3.05) is 19.1 Å². The van der Waals surface area contributed by atoms with E-state index < -0.39 is 0 Å². The number of aromatic nitrogens is 1. The Morgan fingerprint density at radius 1 is 0.933 bits per heavy atom. The normalized spacial score (nSPS) is 11.0. The number of benzene rings is 3. The van der Waals surface area contributed by atoms with Crippen molar-refractivity contribution < 1.29 is 14.3 Å². The van der Waals surface area contributed by atoms with Crippen LogP contribution in [0.2, 0.25) is 0 Å². The maximum atomic E-state index is 13.3. The lowest BCUT2D eigenvalue weighted by atomic mass is 10.2. The first-order valence-corrected chi connectivity index (χ1v) is 10.2. The number of amides is 1. The summed E-state index contributed by atoms with van der Waals surface area (Å²) < 4.78 is 11.5. The van der Waals surface area contributed by atoms with Gasteiger partial charge in [-0.15, -0.1) is 0 Å². The van der Waals surface area contributed by atoms with E-state index in [4.69, 9.17) is 9.47 Å². The molecule has 4 aromatic rings. The zero-order valence-electron chi connectivity index (χ0n) is 16.6. The second-order valence-electron chi connectivity index (χ2n) is 6.45. The molecule has 1 amide bonds. The molecule has 0 saturated carbocycles. The minimum Gasteiger partial charge on any atom is -0.497 e. The molecule has 1 aromatic heterocycles. The largest absolute Gasteiger partial charge is 0.497 e. The number of fused-ring (bicyclic) bond motifs is 1. The molecule has 0 aliphatic carbocycles. The number of nitrogens with zero attached hydrogens (tertiary/aromatic N) is 2. The Labute approximate surface area is 178 Å². The molecule has 0 spiro atoms. The zero-order valence-corrected chi connectivity index (χ0v) is 17.4. The molecule has 5 nitrogen and oxygen atoms in total. The number of rotatable bonds is 6. The highest BCUT2D eigenvalue weighted by molar-refractivity contribution is 7.22. The van der Waals surface area contributed by atoms with Gasteiger partial charge in [0.25, 0.3) is 5.91 Å². The zero-order chi connectivity index (χ0) is 20.9. The quantitative estimate of drug-likeness (QED) is 0.379. The number of ether oxygens (including phenoxy) is 2. The van der Waals surface area contributed by atoms with Crippen LogP contribution in [0.5, 0.6) is 11.5 Å². The lowest BCUT2D eigenvalue weighted by Gasteiger charge is -2.19. The van der Waals surface area contributed by atoms with E-state index in [1.807, 2.05) is 72.8 Å². The summed E-state index contributed by atoms with van der Waals surface area (Å²) in [7, 11) is 3.23. The van der Waals surface area contributed by atoms with Gasteiger partial charge in [0, 0.05) is 12.1 Å². The predicted octanol–water partition coefficient (Wildman–Crippen LogP) is 5.69. The van der Waals surface area contributed by atoms with Crippen molar-refractivity contribution in [3.8, 4) is 11.5 Å². The van der Waals surface area contributed by atoms with Gasteiger partial charge in [-0.1, -0.05) is 41.7 Å². The van der Waals surface area contributed by atoms with Gasteiger partial charge in [0.1, 0.15) is 11.5 Å². The number of anilines is 2. The van der Waals surface area contributed by atoms with Crippen LogP contribution in [0.3, 0.4) is 0 Å². The Balaban J connectivity index is 1.71. The van der Waals surface area contributed by atoms with Crippen LogP contribution < -0.4 is 14.4 Å². The highest BCUT2D eigenvalue weighted by Crippen LogP contribution is 2.35. The van der Waals surface area contributed by atoms with E-state index in [0.717, 1.165) is 21.5 Å². The first-order chi connectivity index (χ1) is 14.7. The third kappa shape index (κ3) is 4.18. The summed E-state index contributed by atoms with van der Waals surface area (Å²) in [6, 6.07) is 22.8. The number of hydrogen-bond acceptors (Lipinski definition) is 5. The van der Waals surface area contributed by atoms with Crippen molar-refractivity contribution in [3.63, 3.8) is 0 Å². The second kappa shape index (κ2) is 8.80. The Morgan fingerprint density at radius 2 is 1.70 bits per heavy atom.